The molecular formula is C25H30Cl2N4O3. The number of benzene rings is 2. The van der Waals surface area contributed by atoms with Crippen LogP contribution in [-0.2, 0) is 16.0 Å². The lowest BCUT2D eigenvalue weighted by Gasteiger charge is -2.36. The number of hydrogen-bond acceptors (Lipinski definition) is 5. The van der Waals surface area contributed by atoms with Gasteiger partial charge in [-0.05, 0) is 49.6 Å². The van der Waals surface area contributed by atoms with Crippen LogP contribution in [0.15, 0.2) is 30.3 Å². The number of fused-ring (bicyclic) bond motifs is 1. The van der Waals surface area contributed by atoms with Crippen LogP contribution in [-0.4, -0.2) is 56.0 Å². The molecule has 4 rings (SSSR count). The summed E-state index contributed by atoms with van der Waals surface area (Å²) in [6, 6.07) is 9.66. The number of nitrogens with one attached hydrogen (secondary N) is 2. The van der Waals surface area contributed by atoms with Crippen LogP contribution in [0.2, 0.25) is 10.0 Å². The van der Waals surface area contributed by atoms with Crippen molar-refractivity contribution in [2.75, 3.05) is 54.9 Å². The molecule has 9 heteroatoms. The number of halogens is 2. The number of unbranched alkanes of at least 4 members (excludes halogenated alkanes) is 1. The molecular weight excluding hydrogens is 475 g/mol. The Morgan fingerprint density at radius 2 is 1.85 bits per heavy atom. The topological polar surface area (TPSA) is 73.9 Å². The van der Waals surface area contributed by atoms with E-state index >= 15 is 0 Å². The molecule has 182 valence electrons. The number of hydrogen-bond donors (Lipinski definition) is 2. The van der Waals surface area contributed by atoms with Crippen LogP contribution in [0.5, 0.6) is 5.75 Å². The average Bonchev–Trinajstić information content (AvgIpc) is 2.82. The lowest BCUT2D eigenvalue weighted by atomic mass is 10.0. The summed E-state index contributed by atoms with van der Waals surface area (Å²) in [4.78, 5) is 27.6. The molecule has 1 fully saturated rings. The van der Waals surface area contributed by atoms with Gasteiger partial charge in [-0.1, -0.05) is 29.3 Å². The Bertz CT molecular complexity index is 1050. The van der Waals surface area contributed by atoms with Crippen LogP contribution in [0.3, 0.4) is 0 Å². The second-order valence-electron chi connectivity index (χ2n) is 8.69. The Kier molecular flexibility index (Phi) is 8.19. The molecule has 7 nitrogen and oxygen atoms in total. The summed E-state index contributed by atoms with van der Waals surface area (Å²) in [6.07, 6.45) is 3.36. The fourth-order valence-electron chi connectivity index (χ4n) is 4.35. The number of carbonyl (C=O) groups is 2. The number of carbonyl (C=O) groups excluding carboxylic acids is 2. The third-order valence-electron chi connectivity index (χ3n) is 6.20. The van der Waals surface area contributed by atoms with Gasteiger partial charge in [-0.2, -0.15) is 0 Å². The van der Waals surface area contributed by atoms with Gasteiger partial charge in [0, 0.05) is 51.3 Å². The van der Waals surface area contributed by atoms with Crippen molar-refractivity contribution in [1.29, 1.82) is 0 Å². The fourth-order valence-corrected chi connectivity index (χ4v) is 4.84. The van der Waals surface area contributed by atoms with E-state index in [-0.39, 0.29) is 11.8 Å². The van der Waals surface area contributed by atoms with Crippen molar-refractivity contribution >= 4 is 52.1 Å². The highest BCUT2D eigenvalue weighted by Crippen LogP contribution is 2.38. The van der Waals surface area contributed by atoms with Crippen LogP contribution in [0.1, 0.15) is 31.7 Å². The zero-order valence-electron chi connectivity index (χ0n) is 19.3. The van der Waals surface area contributed by atoms with E-state index in [9.17, 15) is 9.59 Å². The summed E-state index contributed by atoms with van der Waals surface area (Å²) in [5.74, 6) is 0.688. The van der Waals surface area contributed by atoms with Gasteiger partial charge in [0.25, 0.3) is 0 Å². The van der Waals surface area contributed by atoms with E-state index in [0.717, 1.165) is 69.1 Å². The third kappa shape index (κ3) is 6.14. The fraction of sp³-hybridized carbons (Fsp3) is 0.440. The zero-order valence-corrected chi connectivity index (χ0v) is 20.8. The normalized spacial score (nSPS) is 16.1. The van der Waals surface area contributed by atoms with Crippen molar-refractivity contribution < 1.29 is 14.3 Å². The summed E-state index contributed by atoms with van der Waals surface area (Å²) in [5.41, 5.74) is 3.47. The summed E-state index contributed by atoms with van der Waals surface area (Å²) in [5, 5.41) is 6.46. The number of nitrogens with zero attached hydrogens (tertiary/aromatic N) is 2. The SMILES string of the molecule is CC(=O)Nc1ccc(N2CCN(CCCCOc3ccc4c(c3)NC(=O)CC4)CC2)c(Cl)c1Cl. The first-order chi connectivity index (χ1) is 16.4. The lowest BCUT2D eigenvalue weighted by molar-refractivity contribution is -0.116. The van der Waals surface area contributed by atoms with Gasteiger partial charge in [-0.25, -0.2) is 0 Å². The first kappa shape index (κ1) is 24.6. The van der Waals surface area contributed by atoms with Crippen LogP contribution in [0.4, 0.5) is 17.1 Å². The first-order valence-corrected chi connectivity index (χ1v) is 12.4. The second kappa shape index (κ2) is 11.3. The summed E-state index contributed by atoms with van der Waals surface area (Å²) in [6.45, 7) is 6.76. The number of aryl methyl sites for hydroxylation is 1. The molecule has 34 heavy (non-hydrogen) atoms. The van der Waals surface area contributed by atoms with Gasteiger partial charge < -0.3 is 20.3 Å². The van der Waals surface area contributed by atoms with Gasteiger partial charge in [0.05, 0.1) is 28.0 Å². The van der Waals surface area contributed by atoms with Gasteiger partial charge in [-0.15, -0.1) is 0 Å². The number of piperazine rings is 1. The number of amides is 2. The molecule has 0 radical (unpaired) electrons. The highest BCUT2D eigenvalue weighted by Gasteiger charge is 2.21. The Morgan fingerprint density at radius 3 is 2.62 bits per heavy atom. The maximum absolute atomic E-state index is 11.6. The Balaban J connectivity index is 1.18. The minimum absolute atomic E-state index is 0.0668. The van der Waals surface area contributed by atoms with Crippen molar-refractivity contribution in [3.05, 3.63) is 45.9 Å². The highest BCUT2D eigenvalue weighted by molar-refractivity contribution is 6.45. The van der Waals surface area contributed by atoms with Crippen molar-refractivity contribution in [2.24, 2.45) is 0 Å². The van der Waals surface area contributed by atoms with Crippen LogP contribution in [0, 0.1) is 0 Å². The smallest absolute Gasteiger partial charge is 0.224 e. The molecule has 2 aliphatic rings. The van der Waals surface area contributed by atoms with E-state index in [2.05, 4.69) is 20.4 Å². The predicted molar refractivity (Wildman–Crippen MR) is 138 cm³/mol. The molecule has 0 bridgehead atoms. The molecule has 2 aromatic rings. The van der Waals surface area contributed by atoms with Crippen LogP contribution < -0.4 is 20.3 Å². The zero-order chi connectivity index (χ0) is 24.1. The molecule has 0 saturated carbocycles. The molecule has 0 unspecified atom stereocenters. The Labute approximate surface area is 210 Å². The number of anilines is 3. The molecule has 2 N–H and O–H groups in total. The van der Waals surface area contributed by atoms with Crippen LogP contribution >= 0.6 is 23.2 Å². The molecule has 2 aromatic carbocycles. The maximum Gasteiger partial charge on any atom is 0.224 e. The van der Waals surface area contributed by atoms with E-state index in [1.807, 2.05) is 24.3 Å². The van der Waals surface area contributed by atoms with Crippen molar-refractivity contribution in [3.63, 3.8) is 0 Å². The van der Waals surface area contributed by atoms with E-state index in [0.29, 0.717) is 28.8 Å². The van der Waals surface area contributed by atoms with Crippen LogP contribution in [0.25, 0.3) is 0 Å². The molecule has 0 aromatic heterocycles. The molecule has 0 spiro atoms. The monoisotopic (exact) mass is 504 g/mol. The number of ether oxygens (including phenoxy) is 1. The van der Waals surface area contributed by atoms with Crippen molar-refractivity contribution in [1.82, 2.24) is 4.90 Å². The van der Waals surface area contributed by atoms with E-state index in [1.165, 1.54) is 12.5 Å². The largest absolute Gasteiger partial charge is 0.494 e. The van der Waals surface area contributed by atoms with Gasteiger partial charge >= 0.3 is 0 Å². The molecule has 2 heterocycles. The van der Waals surface area contributed by atoms with Gasteiger partial charge in [0.15, 0.2) is 0 Å². The second-order valence-corrected chi connectivity index (χ2v) is 9.45. The average molecular weight is 505 g/mol. The Hall–Kier alpha value is -2.48. The molecule has 2 aliphatic heterocycles. The first-order valence-electron chi connectivity index (χ1n) is 11.7. The van der Waals surface area contributed by atoms with E-state index in [1.54, 1.807) is 6.07 Å². The minimum Gasteiger partial charge on any atom is -0.494 e. The Morgan fingerprint density at radius 1 is 1.06 bits per heavy atom. The highest BCUT2D eigenvalue weighted by atomic mass is 35.5. The summed E-state index contributed by atoms with van der Waals surface area (Å²) in [7, 11) is 0. The standard InChI is InChI=1S/C25H30Cl2N4O3/c1-17(32)28-20-7-8-22(25(27)24(20)26)31-13-11-30(12-14-31)10-2-3-15-34-19-6-4-18-5-9-23(33)29-21(18)16-19/h4,6-8,16H,2-3,5,9-15H2,1H3,(H,28,32)(H,29,33). The van der Waals surface area contributed by atoms with Gasteiger partial charge in [0.2, 0.25) is 11.8 Å². The quantitative estimate of drug-likeness (QED) is 0.504. The number of rotatable bonds is 8. The maximum atomic E-state index is 11.6. The summed E-state index contributed by atoms with van der Waals surface area (Å²) >= 11 is 12.9. The third-order valence-corrected chi connectivity index (χ3v) is 7.07. The molecule has 2 amide bonds. The van der Waals surface area contributed by atoms with Gasteiger partial charge in [0.1, 0.15) is 5.75 Å². The molecule has 0 atom stereocenters. The van der Waals surface area contributed by atoms with E-state index in [4.69, 9.17) is 27.9 Å². The van der Waals surface area contributed by atoms with Crippen molar-refractivity contribution in [2.45, 2.75) is 32.6 Å². The summed E-state index contributed by atoms with van der Waals surface area (Å²) < 4.78 is 5.90. The molecule has 1 saturated heterocycles. The lowest BCUT2D eigenvalue weighted by Crippen LogP contribution is -2.46. The predicted octanol–water partition coefficient (Wildman–Crippen LogP) is 4.82. The molecule has 0 aliphatic carbocycles. The van der Waals surface area contributed by atoms with E-state index < -0.39 is 0 Å². The van der Waals surface area contributed by atoms with Crippen molar-refractivity contribution in [3.8, 4) is 5.75 Å². The van der Waals surface area contributed by atoms with Gasteiger partial charge in [-0.3, -0.25) is 14.5 Å². The minimum atomic E-state index is -0.180.